The van der Waals surface area contributed by atoms with E-state index in [1.165, 1.54) is 11.8 Å². The van der Waals surface area contributed by atoms with Crippen molar-refractivity contribution in [1.29, 1.82) is 0 Å². The molecule has 4 nitrogen and oxygen atoms in total. The summed E-state index contributed by atoms with van der Waals surface area (Å²) in [6.07, 6.45) is 0. The van der Waals surface area contributed by atoms with Gasteiger partial charge >= 0.3 is 0 Å². The number of aromatic nitrogens is 2. The van der Waals surface area contributed by atoms with Crippen LogP contribution < -0.4 is 4.74 Å². The Morgan fingerprint density at radius 1 is 1.12 bits per heavy atom. The molecule has 126 valence electrons. The van der Waals surface area contributed by atoms with Crippen molar-refractivity contribution in [2.45, 2.75) is 11.0 Å². The molecule has 0 aliphatic heterocycles. The van der Waals surface area contributed by atoms with Gasteiger partial charge in [-0.3, -0.25) is 0 Å². The van der Waals surface area contributed by atoms with Crippen molar-refractivity contribution in [1.82, 2.24) is 10.2 Å². The second-order valence-electron chi connectivity index (χ2n) is 5.21. The van der Waals surface area contributed by atoms with Gasteiger partial charge in [0.2, 0.25) is 0 Å². The van der Waals surface area contributed by atoms with Crippen molar-refractivity contribution in [3.63, 3.8) is 0 Å². The van der Waals surface area contributed by atoms with E-state index >= 15 is 0 Å². The van der Waals surface area contributed by atoms with E-state index in [1.807, 2.05) is 48.5 Å². The molecule has 2 heterocycles. The molecule has 0 aliphatic rings. The van der Waals surface area contributed by atoms with Crippen molar-refractivity contribution >= 4 is 44.8 Å². The highest BCUT2D eigenvalue weighted by Crippen LogP contribution is 2.42. The lowest BCUT2D eigenvalue weighted by Gasteiger charge is -2.05. The van der Waals surface area contributed by atoms with Crippen molar-refractivity contribution in [2.24, 2.45) is 0 Å². The van der Waals surface area contributed by atoms with E-state index in [2.05, 4.69) is 10.2 Å². The molecule has 0 aliphatic carbocycles. The van der Waals surface area contributed by atoms with Gasteiger partial charge in [-0.25, -0.2) is 0 Å². The highest BCUT2D eigenvalue weighted by Gasteiger charge is 2.18. The number of ether oxygens (including phenoxy) is 1. The van der Waals surface area contributed by atoms with Crippen molar-refractivity contribution in [3.05, 3.63) is 59.1 Å². The van der Waals surface area contributed by atoms with Crippen LogP contribution in [0.25, 0.3) is 20.9 Å². The summed E-state index contributed by atoms with van der Waals surface area (Å²) in [5.41, 5.74) is 1.08. The third-order valence-electron chi connectivity index (χ3n) is 3.68. The fourth-order valence-corrected chi connectivity index (χ4v) is 4.66. The van der Waals surface area contributed by atoms with Gasteiger partial charge in [-0.15, -0.1) is 21.5 Å². The van der Waals surface area contributed by atoms with Gasteiger partial charge in [-0.2, -0.15) is 0 Å². The number of thioether (sulfide) groups is 1. The molecule has 0 saturated carbocycles. The molecule has 4 rings (SSSR count). The summed E-state index contributed by atoms with van der Waals surface area (Å²) in [6, 6.07) is 15.9. The molecule has 25 heavy (non-hydrogen) atoms. The smallest absolute Gasteiger partial charge is 0.277 e. The predicted octanol–water partition coefficient (Wildman–Crippen LogP) is 5.91. The molecule has 0 spiro atoms. The minimum atomic E-state index is 0.453. The molecule has 4 aromatic rings. The Morgan fingerprint density at radius 2 is 1.92 bits per heavy atom. The average molecular weight is 389 g/mol. The van der Waals surface area contributed by atoms with Crippen LogP contribution in [0.5, 0.6) is 5.75 Å². The number of halogens is 1. The second-order valence-corrected chi connectivity index (χ2v) is 7.57. The first-order chi connectivity index (χ1) is 12.3. The van der Waals surface area contributed by atoms with Crippen LogP contribution in [0.2, 0.25) is 5.02 Å². The maximum Gasteiger partial charge on any atom is 0.277 e. The van der Waals surface area contributed by atoms with Gasteiger partial charge in [0, 0.05) is 21.4 Å². The highest BCUT2D eigenvalue weighted by molar-refractivity contribution is 7.98. The van der Waals surface area contributed by atoms with Gasteiger partial charge in [0.25, 0.3) is 11.1 Å². The van der Waals surface area contributed by atoms with Gasteiger partial charge < -0.3 is 9.15 Å². The lowest BCUT2D eigenvalue weighted by molar-refractivity contribution is 0.411. The number of thiophene rings is 1. The van der Waals surface area contributed by atoms with Crippen molar-refractivity contribution in [3.8, 4) is 16.5 Å². The van der Waals surface area contributed by atoms with Crippen LogP contribution >= 0.6 is 34.7 Å². The zero-order valence-electron chi connectivity index (χ0n) is 13.2. The number of hydrogen-bond acceptors (Lipinski definition) is 6. The van der Waals surface area contributed by atoms with Crippen LogP contribution in [-0.2, 0) is 5.75 Å². The molecule has 2 aromatic carbocycles. The lowest BCUT2D eigenvalue weighted by Crippen LogP contribution is -1.89. The first kappa shape index (κ1) is 16.4. The van der Waals surface area contributed by atoms with Gasteiger partial charge in [0.05, 0.1) is 12.1 Å². The van der Waals surface area contributed by atoms with Gasteiger partial charge in [0.1, 0.15) is 10.6 Å². The van der Waals surface area contributed by atoms with Crippen LogP contribution in [0.15, 0.2) is 58.2 Å². The normalized spacial score (nSPS) is 11.1. The van der Waals surface area contributed by atoms with E-state index in [1.54, 1.807) is 18.4 Å². The number of benzene rings is 2. The first-order valence-electron chi connectivity index (χ1n) is 7.52. The van der Waals surface area contributed by atoms with Gasteiger partial charge in [-0.05, 0) is 12.1 Å². The van der Waals surface area contributed by atoms with Crippen molar-refractivity contribution < 1.29 is 9.15 Å². The maximum atomic E-state index is 6.47. The average Bonchev–Trinajstić information content (AvgIpc) is 3.25. The molecular weight excluding hydrogens is 376 g/mol. The summed E-state index contributed by atoms with van der Waals surface area (Å²) in [5, 5.41) is 10.5. The van der Waals surface area contributed by atoms with E-state index < -0.39 is 0 Å². The number of fused-ring (bicyclic) bond motifs is 1. The number of para-hydroxylation sites is 1. The first-order valence-corrected chi connectivity index (χ1v) is 9.70. The molecule has 0 fully saturated rings. The second kappa shape index (κ2) is 7.07. The van der Waals surface area contributed by atoms with E-state index in [0.29, 0.717) is 21.9 Å². The zero-order valence-corrected chi connectivity index (χ0v) is 15.6. The molecule has 0 bridgehead atoms. The Kier molecular flexibility index (Phi) is 4.65. The van der Waals surface area contributed by atoms with Crippen LogP contribution in [0, 0.1) is 0 Å². The Morgan fingerprint density at radius 3 is 2.76 bits per heavy atom. The van der Waals surface area contributed by atoms with E-state index in [9.17, 15) is 0 Å². The van der Waals surface area contributed by atoms with Crippen LogP contribution in [0.4, 0.5) is 0 Å². The van der Waals surface area contributed by atoms with Crippen LogP contribution in [0.1, 0.15) is 5.56 Å². The van der Waals surface area contributed by atoms with Crippen LogP contribution in [-0.4, -0.2) is 17.3 Å². The number of rotatable bonds is 5. The largest absolute Gasteiger partial charge is 0.496 e. The predicted molar refractivity (Wildman–Crippen MR) is 103 cm³/mol. The van der Waals surface area contributed by atoms with E-state index in [0.717, 1.165) is 26.3 Å². The van der Waals surface area contributed by atoms with Gasteiger partial charge in [-0.1, -0.05) is 59.8 Å². The number of methoxy groups -OCH3 is 1. The fourth-order valence-electron chi connectivity index (χ4n) is 2.47. The molecule has 0 unspecified atom stereocenters. The summed E-state index contributed by atoms with van der Waals surface area (Å²) in [5.74, 6) is 1.99. The third-order valence-corrected chi connectivity index (χ3v) is 6.21. The molecule has 0 amide bonds. The van der Waals surface area contributed by atoms with Gasteiger partial charge in [0.15, 0.2) is 0 Å². The topological polar surface area (TPSA) is 48.2 Å². The van der Waals surface area contributed by atoms with Crippen molar-refractivity contribution in [2.75, 3.05) is 7.11 Å². The maximum absolute atomic E-state index is 6.47. The molecular formula is C18H13ClN2O2S2. The minimum Gasteiger partial charge on any atom is -0.496 e. The summed E-state index contributed by atoms with van der Waals surface area (Å²) in [7, 11) is 1.66. The SMILES string of the molecule is COc1ccccc1CSc1nnc(-c2sc3ccccc3c2Cl)o1. The van der Waals surface area contributed by atoms with E-state index in [-0.39, 0.29) is 0 Å². The number of hydrogen-bond donors (Lipinski definition) is 0. The van der Waals surface area contributed by atoms with E-state index in [4.69, 9.17) is 20.8 Å². The summed E-state index contributed by atoms with van der Waals surface area (Å²) in [4.78, 5) is 0.805. The quantitative estimate of drug-likeness (QED) is 0.398. The third kappa shape index (κ3) is 3.25. The number of nitrogens with zero attached hydrogens (tertiary/aromatic N) is 2. The fraction of sp³-hybridized carbons (Fsp3) is 0.111. The molecule has 0 N–H and O–H groups in total. The molecule has 0 radical (unpaired) electrons. The minimum absolute atomic E-state index is 0.453. The molecule has 2 aromatic heterocycles. The Hall–Kier alpha value is -2.02. The molecule has 7 heteroatoms. The monoisotopic (exact) mass is 388 g/mol. The van der Waals surface area contributed by atoms with Crippen LogP contribution in [0.3, 0.4) is 0 Å². The standard InChI is InChI=1S/C18H13ClN2O2S2/c1-22-13-8-4-2-6-11(13)10-24-18-21-20-17(23-18)16-15(19)12-7-3-5-9-14(12)25-16/h2-9H,10H2,1H3. The Labute approximate surface area is 157 Å². The summed E-state index contributed by atoms with van der Waals surface area (Å²) in [6.45, 7) is 0. The molecule has 0 atom stereocenters. The highest BCUT2D eigenvalue weighted by atomic mass is 35.5. The Bertz CT molecular complexity index is 1030. The zero-order chi connectivity index (χ0) is 17.2. The lowest BCUT2D eigenvalue weighted by atomic mass is 10.2. The Balaban J connectivity index is 1.56. The molecule has 0 saturated heterocycles. The summed E-state index contributed by atoms with van der Waals surface area (Å²) < 4.78 is 12.3. The summed E-state index contributed by atoms with van der Waals surface area (Å²) >= 11 is 9.50.